The van der Waals surface area contributed by atoms with Crippen LogP contribution < -0.4 is 5.19 Å². The molecule has 0 fully saturated rings. The first-order chi connectivity index (χ1) is 18.4. The Labute approximate surface area is 245 Å². The van der Waals surface area contributed by atoms with Crippen molar-refractivity contribution < 1.29 is 15.6 Å². The summed E-state index contributed by atoms with van der Waals surface area (Å²) in [5, 5.41) is 1.39. The molecule has 0 nitrogen and oxygen atoms in total. The molecule has 4 heteroatoms. The average molecular weight is 654 g/mol. The van der Waals surface area contributed by atoms with Gasteiger partial charge in [0.2, 0.25) is 0 Å². The molecule has 0 aromatic heterocycles. The van der Waals surface area contributed by atoms with Crippen molar-refractivity contribution in [1.29, 1.82) is 0 Å². The average Bonchev–Trinajstić information content (AvgIpc) is 3.38. The van der Waals surface area contributed by atoms with E-state index in [1.165, 1.54) is 49.7 Å². The summed E-state index contributed by atoms with van der Waals surface area (Å²) in [5.74, 6) is -0.560. The fourth-order valence-corrected chi connectivity index (χ4v) is 49.8. The molecule has 3 aromatic carbocycles. The number of hydrogen-bond donors (Lipinski definition) is 0. The minimum atomic E-state index is -4.80. The third-order valence-electron chi connectivity index (χ3n) is 9.12. The maximum atomic E-state index is 8.54. The Morgan fingerprint density at radius 1 is 0.692 bits per heavy atom. The van der Waals surface area contributed by atoms with E-state index in [1.807, 2.05) is 0 Å². The maximum absolute atomic E-state index is 8.54. The molecule has 0 spiro atoms. The molecule has 0 bridgehead atoms. The topological polar surface area (TPSA) is 0 Å². The third kappa shape index (κ3) is 5.18. The first kappa shape index (κ1) is 29.3. The summed E-state index contributed by atoms with van der Waals surface area (Å²) in [4.78, 5) is 0. The van der Waals surface area contributed by atoms with E-state index < -0.39 is 21.5 Å². The van der Waals surface area contributed by atoms with Crippen LogP contribution in [-0.4, -0.2) is 5.92 Å². The molecule has 0 amide bonds. The van der Waals surface area contributed by atoms with Crippen LogP contribution in [0.25, 0.3) is 12.2 Å². The Morgan fingerprint density at radius 2 is 1.13 bits per heavy atom. The van der Waals surface area contributed by atoms with Gasteiger partial charge in [-0.15, -0.1) is 0 Å². The monoisotopic (exact) mass is 651 g/mol. The summed E-state index contributed by atoms with van der Waals surface area (Å²) in [6, 6.07) is 25.2. The van der Waals surface area contributed by atoms with Crippen molar-refractivity contribution in [2.75, 3.05) is 0 Å². The summed E-state index contributed by atoms with van der Waals surface area (Å²) in [6.45, 7) is 16.2. The summed E-state index contributed by atoms with van der Waals surface area (Å²) in [7, 11) is 17.1. The fourth-order valence-electron chi connectivity index (χ4n) is 7.56. The molecule has 0 saturated carbocycles. The molecule has 3 aromatic rings. The van der Waals surface area contributed by atoms with Crippen molar-refractivity contribution in [2.45, 2.75) is 68.2 Å². The summed E-state index contributed by atoms with van der Waals surface area (Å²) < 4.78 is 0.240. The number of allylic oxidation sites excluding steroid dienone is 2. The standard InChI is InChI=1S/2C14H17.C7H9Si.2ClH.Zr/c2*1-10(2)6-12-4-5-13-7-11(3)8-14(13)9-12;1-8-7-5-3-2-4-6-7;;;/h2*4-5,7-10H,6H2,1-3H3;2-6,8H,1H3;2*1H;/q;;;;;+2/p-2. The van der Waals surface area contributed by atoms with Gasteiger partial charge in [0, 0.05) is 0 Å². The molecule has 3 atom stereocenters. The second-order valence-electron chi connectivity index (χ2n) is 13.1. The Bertz CT molecular complexity index is 1370. The van der Waals surface area contributed by atoms with Gasteiger partial charge < -0.3 is 0 Å². The van der Waals surface area contributed by atoms with Crippen LogP contribution in [-0.2, 0) is 28.4 Å². The molecular formula is C35H43Cl2SiZr. The molecule has 0 saturated heterocycles. The van der Waals surface area contributed by atoms with E-state index >= 15 is 0 Å². The number of hydrogen-bond acceptors (Lipinski definition) is 0. The van der Waals surface area contributed by atoms with Gasteiger partial charge in [-0.2, -0.15) is 0 Å². The van der Waals surface area contributed by atoms with Crippen LogP contribution in [0.5, 0.6) is 0 Å². The van der Waals surface area contributed by atoms with Crippen LogP contribution in [0.1, 0.15) is 82.2 Å². The van der Waals surface area contributed by atoms with Crippen molar-refractivity contribution in [3.8, 4) is 0 Å². The normalized spacial score (nSPS) is 20.3. The summed E-state index contributed by atoms with van der Waals surface area (Å²) in [5.41, 5.74) is 10.9. The Hall–Kier alpha value is -1.18. The van der Waals surface area contributed by atoms with Crippen molar-refractivity contribution >= 4 is 40.3 Å². The van der Waals surface area contributed by atoms with Gasteiger partial charge in [-0.05, 0) is 0 Å². The zero-order valence-electron chi connectivity index (χ0n) is 24.6. The Balaban J connectivity index is 1.71. The first-order valence-corrected chi connectivity index (χ1v) is 30.4. The quantitative estimate of drug-likeness (QED) is 0.212. The molecule has 5 rings (SSSR count). The molecule has 3 unspecified atom stereocenters. The zero-order valence-corrected chi connectivity index (χ0v) is 29.7. The zero-order chi connectivity index (χ0) is 28.1. The molecule has 0 aliphatic heterocycles. The van der Waals surface area contributed by atoms with E-state index in [0.717, 1.165) is 12.8 Å². The van der Waals surface area contributed by atoms with E-state index in [-0.39, 0.29) is 7.25 Å². The van der Waals surface area contributed by atoms with Gasteiger partial charge in [-0.25, -0.2) is 0 Å². The van der Waals surface area contributed by atoms with Gasteiger partial charge >= 0.3 is 247 Å². The van der Waals surface area contributed by atoms with Gasteiger partial charge in [-0.1, -0.05) is 0 Å². The van der Waals surface area contributed by atoms with E-state index in [2.05, 4.69) is 127 Å². The van der Waals surface area contributed by atoms with E-state index in [1.54, 1.807) is 0 Å². The van der Waals surface area contributed by atoms with Gasteiger partial charge in [0.05, 0.1) is 0 Å². The van der Waals surface area contributed by atoms with Crippen LogP contribution >= 0.6 is 17.0 Å². The fraction of sp³-hybridized carbons (Fsp3) is 0.371. The van der Waals surface area contributed by atoms with E-state index in [0.29, 0.717) is 11.8 Å². The second kappa shape index (κ2) is 10.9. The molecule has 2 aliphatic carbocycles. The van der Waals surface area contributed by atoms with Crippen molar-refractivity contribution in [3.05, 3.63) is 111 Å². The molecule has 205 valence electrons. The van der Waals surface area contributed by atoms with Crippen LogP contribution in [0.3, 0.4) is 0 Å². The number of benzene rings is 3. The van der Waals surface area contributed by atoms with Crippen molar-refractivity contribution in [2.24, 2.45) is 11.8 Å². The van der Waals surface area contributed by atoms with Crippen molar-refractivity contribution in [1.82, 2.24) is 0 Å². The van der Waals surface area contributed by atoms with Gasteiger partial charge in [0.25, 0.3) is 0 Å². The SMILES string of the molecule is CC1=Cc2cc(CC(C)C)ccc2[CH]1[Zr]([Cl])([Cl])([CH]1C(C)=Cc2cc(CC(C)C)ccc21)[SiH](C)c1ccccc1. The van der Waals surface area contributed by atoms with Gasteiger partial charge in [-0.3, -0.25) is 0 Å². The van der Waals surface area contributed by atoms with Crippen LogP contribution in [0.4, 0.5) is 0 Å². The Kier molecular flexibility index (Phi) is 8.20. The van der Waals surface area contributed by atoms with E-state index in [9.17, 15) is 0 Å². The third-order valence-corrected chi connectivity index (χ3v) is 56.7. The van der Waals surface area contributed by atoms with Crippen molar-refractivity contribution in [3.63, 3.8) is 0 Å². The van der Waals surface area contributed by atoms with Gasteiger partial charge in [0.15, 0.2) is 0 Å². The van der Waals surface area contributed by atoms with Crippen LogP contribution in [0.2, 0.25) is 6.55 Å². The summed E-state index contributed by atoms with van der Waals surface area (Å²) >= 11 is -4.80. The molecule has 39 heavy (non-hydrogen) atoms. The molecule has 0 heterocycles. The van der Waals surface area contributed by atoms with Crippen LogP contribution in [0.15, 0.2) is 77.9 Å². The minimum absolute atomic E-state index is 0.120. The molecule has 0 N–H and O–H groups in total. The van der Waals surface area contributed by atoms with Crippen LogP contribution in [0, 0.1) is 11.8 Å². The number of rotatable bonds is 8. The second-order valence-corrected chi connectivity index (χ2v) is 53.3. The van der Waals surface area contributed by atoms with Gasteiger partial charge in [0.1, 0.15) is 0 Å². The number of halogens is 2. The van der Waals surface area contributed by atoms with E-state index in [4.69, 9.17) is 17.0 Å². The predicted molar refractivity (Wildman–Crippen MR) is 174 cm³/mol. The Morgan fingerprint density at radius 3 is 1.54 bits per heavy atom. The first-order valence-electron chi connectivity index (χ1n) is 14.6. The summed E-state index contributed by atoms with van der Waals surface area (Å²) in [6.07, 6.45) is 6.98. The molecular weight excluding hydrogens is 611 g/mol. The predicted octanol–water partition coefficient (Wildman–Crippen LogP) is 9.96. The number of fused-ring (bicyclic) bond motifs is 2. The molecule has 2 aliphatic rings. The molecule has 0 radical (unpaired) electrons.